The Hall–Kier alpha value is -0.860. The predicted molar refractivity (Wildman–Crippen MR) is 64.3 cm³/mol. The fraction of sp³-hybridized carbons (Fsp3) is 0.571. The molecule has 1 aromatic carbocycles. The van der Waals surface area contributed by atoms with Gasteiger partial charge < -0.3 is 9.47 Å². The van der Waals surface area contributed by atoms with Crippen molar-refractivity contribution in [2.75, 3.05) is 6.61 Å². The SMILES string of the molecule is CC1CCCC(COCc2ccccc2)O1. The van der Waals surface area contributed by atoms with E-state index in [0.717, 1.165) is 13.0 Å². The van der Waals surface area contributed by atoms with Gasteiger partial charge in [0, 0.05) is 0 Å². The molecule has 0 amide bonds. The summed E-state index contributed by atoms with van der Waals surface area (Å²) in [5, 5.41) is 0. The maximum absolute atomic E-state index is 5.80. The molecule has 0 radical (unpaired) electrons. The number of hydrogen-bond donors (Lipinski definition) is 0. The third-order valence-corrected chi connectivity index (χ3v) is 2.98. The molecule has 1 heterocycles. The van der Waals surface area contributed by atoms with Gasteiger partial charge in [-0.15, -0.1) is 0 Å². The van der Waals surface area contributed by atoms with Crippen molar-refractivity contribution in [2.45, 2.75) is 45.0 Å². The van der Waals surface area contributed by atoms with Gasteiger partial charge in [0.25, 0.3) is 0 Å². The minimum atomic E-state index is 0.299. The minimum absolute atomic E-state index is 0.299. The van der Waals surface area contributed by atoms with Gasteiger partial charge in [0.05, 0.1) is 25.4 Å². The van der Waals surface area contributed by atoms with Crippen LogP contribution >= 0.6 is 0 Å². The smallest absolute Gasteiger partial charge is 0.0812 e. The van der Waals surface area contributed by atoms with E-state index in [2.05, 4.69) is 19.1 Å². The summed E-state index contributed by atoms with van der Waals surface area (Å²) < 4.78 is 11.5. The molecule has 1 fully saturated rings. The Labute approximate surface area is 97.6 Å². The molecule has 0 saturated carbocycles. The fourth-order valence-electron chi connectivity index (χ4n) is 2.10. The van der Waals surface area contributed by atoms with Crippen molar-refractivity contribution in [1.29, 1.82) is 0 Å². The zero-order chi connectivity index (χ0) is 11.2. The molecule has 16 heavy (non-hydrogen) atoms. The van der Waals surface area contributed by atoms with E-state index in [1.54, 1.807) is 0 Å². The number of ether oxygens (including phenoxy) is 2. The van der Waals surface area contributed by atoms with Crippen molar-refractivity contribution in [3.63, 3.8) is 0 Å². The molecule has 0 aliphatic carbocycles. The normalized spacial score (nSPS) is 25.6. The molecule has 2 heteroatoms. The molecule has 2 nitrogen and oxygen atoms in total. The van der Waals surface area contributed by atoms with Gasteiger partial charge >= 0.3 is 0 Å². The van der Waals surface area contributed by atoms with Crippen molar-refractivity contribution in [3.05, 3.63) is 35.9 Å². The van der Waals surface area contributed by atoms with Crippen LogP contribution in [-0.4, -0.2) is 18.8 Å². The third kappa shape index (κ3) is 3.62. The fourth-order valence-corrected chi connectivity index (χ4v) is 2.10. The molecule has 0 bridgehead atoms. The minimum Gasteiger partial charge on any atom is -0.374 e. The molecule has 2 atom stereocenters. The molecule has 0 N–H and O–H groups in total. The Bertz CT molecular complexity index is 297. The highest BCUT2D eigenvalue weighted by Gasteiger charge is 2.18. The summed E-state index contributed by atoms with van der Waals surface area (Å²) in [5.74, 6) is 0. The second-order valence-corrected chi connectivity index (χ2v) is 4.50. The lowest BCUT2D eigenvalue weighted by molar-refractivity contribution is -0.0816. The van der Waals surface area contributed by atoms with Crippen LogP contribution in [0.5, 0.6) is 0 Å². The van der Waals surface area contributed by atoms with Crippen molar-refractivity contribution in [2.24, 2.45) is 0 Å². The van der Waals surface area contributed by atoms with Crippen LogP contribution in [0.4, 0.5) is 0 Å². The van der Waals surface area contributed by atoms with Gasteiger partial charge in [-0.2, -0.15) is 0 Å². The summed E-state index contributed by atoms with van der Waals surface area (Å²) in [5.41, 5.74) is 1.23. The van der Waals surface area contributed by atoms with Crippen LogP contribution in [0.1, 0.15) is 31.7 Å². The standard InChI is InChI=1S/C14H20O2/c1-12-6-5-9-14(16-12)11-15-10-13-7-3-2-4-8-13/h2-4,7-8,12,14H,5-6,9-11H2,1H3. The van der Waals surface area contributed by atoms with E-state index in [9.17, 15) is 0 Å². The molecule has 1 aliphatic rings. The maximum atomic E-state index is 5.80. The largest absolute Gasteiger partial charge is 0.374 e. The predicted octanol–water partition coefficient (Wildman–Crippen LogP) is 3.16. The zero-order valence-electron chi connectivity index (χ0n) is 9.89. The Morgan fingerprint density at radius 3 is 2.81 bits per heavy atom. The van der Waals surface area contributed by atoms with Gasteiger partial charge in [-0.05, 0) is 31.7 Å². The van der Waals surface area contributed by atoms with E-state index < -0.39 is 0 Å². The number of benzene rings is 1. The molecular weight excluding hydrogens is 200 g/mol. The maximum Gasteiger partial charge on any atom is 0.0812 e. The second kappa shape index (κ2) is 6.02. The quantitative estimate of drug-likeness (QED) is 0.776. The van der Waals surface area contributed by atoms with Gasteiger partial charge in [-0.1, -0.05) is 30.3 Å². The average Bonchev–Trinajstić information content (AvgIpc) is 2.30. The lowest BCUT2D eigenvalue weighted by Gasteiger charge is -2.27. The summed E-state index contributed by atoms with van der Waals surface area (Å²) in [6.07, 6.45) is 4.29. The zero-order valence-corrected chi connectivity index (χ0v) is 9.89. The van der Waals surface area contributed by atoms with Crippen LogP contribution in [-0.2, 0) is 16.1 Å². The molecule has 1 saturated heterocycles. The van der Waals surface area contributed by atoms with Gasteiger partial charge in [-0.3, -0.25) is 0 Å². The van der Waals surface area contributed by atoms with E-state index in [1.165, 1.54) is 18.4 Å². The third-order valence-electron chi connectivity index (χ3n) is 2.98. The topological polar surface area (TPSA) is 18.5 Å². The van der Waals surface area contributed by atoms with Crippen LogP contribution in [0.3, 0.4) is 0 Å². The second-order valence-electron chi connectivity index (χ2n) is 4.50. The Kier molecular flexibility index (Phi) is 4.37. The Morgan fingerprint density at radius 1 is 1.25 bits per heavy atom. The van der Waals surface area contributed by atoms with E-state index in [1.807, 2.05) is 18.2 Å². The molecule has 1 aromatic rings. The highest BCUT2D eigenvalue weighted by atomic mass is 16.5. The highest BCUT2D eigenvalue weighted by molar-refractivity contribution is 5.13. The van der Waals surface area contributed by atoms with Gasteiger partial charge in [0.2, 0.25) is 0 Å². The summed E-state index contributed by atoms with van der Waals surface area (Å²) in [4.78, 5) is 0. The van der Waals surface area contributed by atoms with Crippen LogP contribution in [0.15, 0.2) is 30.3 Å². The van der Waals surface area contributed by atoms with Crippen molar-refractivity contribution >= 4 is 0 Å². The summed E-state index contributed by atoms with van der Waals surface area (Å²) in [6.45, 7) is 3.55. The first-order valence-electron chi connectivity index (χ1n) is 6.12. The molecule has 0 spiro atoms. The van der Waals surface area contributed by atoms with Crippen LogP contribution < -0.4 is 0 Å². The molecular formula is C14H20O2. The first-order chi connectivity index (χ1) is 7.84. The summed E-state index contributed by atoms with van der Waals surface area (Å²) >= 11 is 0. The van der Waals surface area contributed by atoms with E-state index >= 15 is 0 Å². The van der Waals surface area contributed by atoms with Gasteiger partial charge in [0.1, 0.15) is 0 Å². The van der Waals surface area contributed by atoms with Crippen LogP contribution in [0.2, 0.25) is 0 Å². The molecule has 88 valence electrons. The Morgan fingerprint density at radius 2 is 2.06 bits per heavy atom. The number of rotatable bonds is 4. The lowest BCUT2D eigenvalue weighted by atomic mass is 10.1. The monoisotopic (exact) mass is 220 g/mol. The van der Waals surface area contributed by atoms with Crippen molar-refractivity contribution < 1.29 is 9.47 Å². The van der Waals surface area contributed by atoms with Gasteiger partial charge in [0.15, 0.2) is 0 Å². The molecule has 2 unspecified atom stereocenters. The lowest BCUT2D eigenvalue weighted by Crippen LogP contribution is -2.29. The van der Waals surface area contributed by atoms with E-state index in [-0.39, 0.29) is 0 Å². The van der Waals surface area contributed by atoms with Crippen LogP contribution in [0.25, 0.3) is 0 Å². The molecule has 1 aliphatic heterocycles. The number of hydrogen-bond acceptors (Lipinski definition) is 2. The molecule has 0 aromatic heterocycles. The van der Waals surface area contributed by atoms with Crippen molar-refractivity contribution in [3.8, 4) is 0 Å². The summed E-state index contributed by atoms with van der Waals surface area (Å²) in [6, 6.07) is 10.3. The highest BCUT2D eigenvalue weighted by Crippen LogP contribution is 2.18. The first-order valence-corrected chi connectivity index (χ1v) is 6.12. The first kappa shape index (κ1) is 11.6. The van der Waals surface area contributed by atoms with Crippen molar-refractivity contribution in [1.82, 2.24) is 0 Å². The van der Waals surface area contributed by atoms with E-state index in [4.69, 9.17) is 9.47 Å². The average molecular weight is 220 g/mol. The van der Waals surface area contributed by atoms with Gasteiger partial charge in [-0.25, -0.2) is 0 Å². The Balaban J connectivity index is 1.68. The summed E-state index contributed by atoms with van der Waals surface area (Å²) in [7, 11) is 0. The van der Waals surface area contributed by atoms with E-state index in [0.29, 0.717) is 18.8 Å². The van der Waals surface area contributed by atoms with Crippen LogP contribution in [0, 0.1) is 0 Å². The molecule has 2 rings (SSSR count).